The first-order valence-electron chi connectivity index (χ1n) is 9.77. The molecule has 0 radical (unpaired) electrons. The zero-order chi connectivity index (χ0) is 25.2. The molecule has 182 valence electrons. The molecule has 1 atom stereocenters. The van der Waals surface area contributed by atoms with Gasteiger partial charge in [0.15, 0.2) is 0 Å². The Hall–Kier alpha value is -3.20. The Morgan fingerprint density at radius 2 is 1.91 bits per heavy atom. The molecule has 1 unspecified atom stereocenters. The molecule has 2 aromatic heterocycles. The fourth-order valence-electron chi connectivity index (χ4n) is 2.81. The fourth-order valence-corrected chi connectivity index (χ4v) is 4.44. The van der Waals surface area contributed by atoms with Crippen LogP contribution in [0, 0.1) is 11.6 Å². The number of aliphatic hydroxyl groups is 1. The van der Waals surface area contributed by atoms with Crippen molar-refractivity contribution in [1.29, 1.82) is 0 Å². The number of carbonyl (C=O) groups excluding carboxylic acids is 1. The van der Waals surface area contributed by atoms with Crippen molar-refractivity contribution < 1.29 is 27.1 Å². The van der Waals surface area contributed by atoms with Crippen LogP contribution in [0.15, 0.2) is 30.5 Å². The number of aliphatic hydroxyl groups excluding tert-OH is 1. The van der Waals surface area contributed by atoms with Crippen LogP contribution in [-0.2, 0) is 10.2 Å². The van der Waals surface area contributed by atoms with Gasteiger partial charge in [-0.25, -0.2) is 18.5 Å². The second-order valence-electron chi connectivity index (χ2n) is 7.44. The van der Waals surface area contributed by atoms with E-state index in [0.29, 0.717) is 5.56 Å². The molecule has 2 heterocycles. The zero-order valence-corrected chi connectivity index (χ0v) is 20.0. The third-order valence-corrected chi connectivity index (χ3v) is 7.22. The Kier molecular flexibility index (Phi) is 7.45. The molecule has 1 amide bonds. The number of hydrogen-bond donors (Lipinski definition) is 4. The standard InChI is InChI=1S/C20H22F2N6O4S2/c1-10(9-29)11-6-13(21)17(14(22)7-11)15-8-12(18(23)30)19(33-15)25-16-4-5-24-20(26-16)27-34(31,32)28(2)3/h4-8,10,29H,9H2,1-3H3,(H2,23,30)(H2,24,25,26,27). The van der Waals surface area contributed by atoms with Gasteiger partial charge in [-0.2, -0.15) is 17.7 Å². The molecular weight excluding hydrogens is 490 g/mol. The second kappa shape index (κ2) is 9.97. The van der Waals surface area contributed by atoms with Crippen molar-refractivity contribution in [1.82, 2.24) is 14.3 Å². The van der Waals surface area contributed by atoms with Gasteiger partial charge >= 0.3 is 10.2 Å². The summed E-state index contributed by atoms with van der Waals surface area (Å²) in [6.07, 6.45) is 1.28. The fraction of sp³-hybridized carbons (Fsp3) is 0.250. The number of thiophene rings is 1. The van der Waals surface area contributed by atoms with Gasteiger partial charge in [0.2, 0.25) is 5.95 Å². The molecule has 14 heteroatoms. The molecule has 0 saturated heterocycles. The number of aromatic nitrogens is 2. The van der Waals surface area contributed by atoms with E-state index in [1.807, 2.05) is 0 Å². The summed E-state index contributed by atoms with van der Waals surface area (Å²) < 4.78 is 56.7. The SMILES string of the molecule is CC(CO)c1cc(F)c(-c2cc(C(N)=O)c(Nc3ccnc(NS(=O)(=O)N(C)C)n3)s2)c(F)c1. The van der Waals surface area contributed by atoms with Crippen molar-refractivity contribution in [3.05, 3.63) is 53.2 Å². The van der Waals surface area contributed by atoms with Gasteiger partial charge in [0.25, 0.3) is 5.91 Å². The highest BCUT2D eigenvalue weighted by Gasteiger charge is 2.22. The maximum Gasteiger partial charge on any atom is 0.303 e. The summed E-state index contributed by atoms with van der Waals surface area (Å²) in [5.41, 5.74) is 5.35. The molecule has 5 N–H and O–H groups in total. The van der Waals surface area contributed by atoms with Gasteiger partial charge in [0.05, 0.1) is 11.1 Å². The largest absolute Gasteiger partial charge is 0.396 e. The minimum atomic E-state index is -3.86. The van der Waals surface area contributed by atoms with Crippen LogP contribution in [0.4, 0.5) is 25.5 Å². The Morgan fingerprint density at radius 3 is 2.47 bits per heavy atom. The first-order chi connectivity index (χ1) is 15.9. The minimum Gasteiger partial charge on any atom is -0.396 e. The molecule has 0 fully saturated rings. The molecule has 10 nitrogen and oxygen atoms in total. The van der Waals surface area contributed by atoms with Gasteiger partial charge in [0.1, 0.15) is 22.5 Å². The number of amides is 1. The lowest BCUT2D eigenvalue weighted by Gasteiger charge is -2.12. The van der Waals surface area contributed by atoms with E-state index in [1.165, 1.54) is 32.4 Å². The summed E-state index contributed by atoms with van der Waals surface area (Å²) in [5.74, 6) is -3.16. The van der Waals surface area contributed by atoms with Gasteiger partial charge in [-0.3, -0.25) is 4.79 Å². The molecule has 0 aliphatic rings. The second-order valence-corrected chi connectivity index (χ2v) is 10.4. The van der Waals surface area contributed by atoms with Crippen molar-refractivity contribution in [3.63, 3.8) is 0 Å². The van der Waals surface area contributed by atoms with E-state index >= 15 is 0 Å². The average Bonchev–Trinajstić information content (AvgIpc) is 3.15. The number of rotatable bonds is 9. The molecule has 0 bridgehead atoms. The van der Waals surface area contributed by atoms with Crippen molar-refractivity contribution in [3.8, 4) is 10.4 Å². The zero-order valence-electron chi connectivity index (χ0n) is 18.3. The van der Waals surface area contributed by atoms with Crippen molar-refractivity contribution in [2.45, 2.75) is 12.8 Å². The molecule has 1 aromatic carbocycles. The summed E-state index contributed by atoms with van der Waals surface area (Å²) in [4.78, 5) is 20.0. The third-order valence-electron chi connectivity index (χ3n) is 4.75. The van der Waals surface area contributed by atoms with Gasteiger partial charge in [-0.15, -0.1) is 11.3 Å². The van der Waals surface area contributed by atoms with Crippen LogP contribution in [0.1, 0.15) is 28.8 Å². The van der Waals surface area contributed by atoms with E-state index in [9.17, 15) is 27.1 Å². The number of hydrogen-bond acceptors (Lipinski definition) is 8. The number of carbonyl (C=O) groups is 1. The monoisotopic (exact) mass is 512 g/mol. The van der Waals surface area contributed by atoms with E-state index in [-0.39, 0.29) is 39.4 Å². The van der Waals surface area contributed by atoms with Gasteiger partial charge < -0.3 is 16.2 Å². The van der Waals surface area contributed by atoms with E-state index in [0.717, 1.165) is 27.8 Å². The van der Waals surface area contributed by atoms with E-state index in [2.05, 4.69) is 20.0 Å². The number of anilines is 3. The number of nitrogens with zero attached hydrogens (tertiary/aromatic N) is 3. The predicted molar refractivity (Wildman–Crippen MR) is 125 cm³/mol. The maximum atomic E-state index is 14.8. The summed E-state index contributed by atoms with van der Waals surface area (Å²) >= 11 is 0.859. The van der Waals surface area contributed by atoms with E-state index < -0.39 is 33.7 Å². The van der Waals surface area contributed by atoms with Crippen LogP contribution >= 0.6 is 11.3 Å². The van der Waals surface area contributed by atoms with Crippen LogP contribution in [0.2, 0.25) is 0 Å². The van der Waals surface area contributed by atoms with Gasteiger partial charge in [-0.1, -0.05) is 6.92 Å². The van der Waals surface area contributed by atoms with Crippen LogP contribution in [0.25, 0.3) is 10.4 Å². The molecule has 0 saturated carbocycles. The highest BCUT2D eigenvalue weighted by atomic mass is 32.2. The van der Waals surface area contributed by atoms with Crippen molar-refractivity contribution in [2.75, 3.05) is 30.7 Å². The molecular formula is C20H22F2N6O4S2. The minimum absolute atomic E-state index is 0.0411. The van der Waals surface area contributed by atoms with Crippen molar-refractivity contribution in [2.24, 2.45) is 5.73 Å². The molecule has 3 rings (SSSR count). The van der Waals surface area contributed by atoms with Crippen molar-refractivity contribution >= 4 is 44.2 Å². The average molecular weight is 513 g/mol. The number of halogens is 2. The number of benzene rings is 1. The smallest absolute Gasteiger partial charge is 0.303 e. The van der Waals surface area contributed by atoms with E-state index in [4.69, 9.17) is 5.73 Å². The van der Waals surface area contributed by atoms with E-state index in [1.54, 1.807) is 6.92 Å². The number of nitrogens with one attached hydrogen (secondary N) is 2. The highest BCUT2D eigenvalue weighted by molar-refractivity contribution is 7.90. The number of nitrogens with two attached hydrogens (primary N) is 1. The molecule has 3 aromatic rings. The Balaban J connectivity index is 1.98. The van der Waals surface area contributed by atoms with Gasteiger partial charge in [-0.05, 0) is 29.8 Å². The highest BCUT2D eigenvalue weighted by Crippen LogP contribution is 2.39. The lowest BCUT2D eigenvalue weighted by Crippen LogP contribution is -2.29. The summed E-state index contributed by atoms with van der Waals surface area (Å²) in [7, 11) is -1.20. The molecule has 34 heavy (non-hydrogen) atoms. The first kappa shape index (κ1) is 25.4. The Bertz CT molecular complexity index is 1310. The predicted octanol–water partition coefficient (Wildman–Crippen LogP) is 2.64. The molecule has 0 aliphatic carbocycles. The lowest BCUT2D eigenvalue weighted by atomic mass is 9.99. The van der Waals surface area contributed by atoms with Crippen LogP contribution in [0.5, 0.6) is 0 Å². The molecule has 0 aliphatic heterocycles. The lowest BCUT2D eigenvalue weighted by molar-refractivity contribution is 0.100. The topological polar surface area (TPSA) is 151 Å². The normalized spacial score (nSPS) is 12.6. The maximum absolute atomic E-state index is 14.8. The van der Waals surface area contributed by atoms with Gasteiger partial charge in [0, 0.05) is 37.7 Å². The molecule has 0 spiro atoms. The van der Waals surface area contributed by atoms with Crippen LogP contribution in [-0.4, -0.2) is 54.4 Å². The van der Waals surface area contributed by atoms with Crippen LogP contribution in [0.3, 0.4) is 0 Å². The third kappa shape index (κ3) is 5.47. The number of primary amides is 1. The Morgan fingerprint density at radius 1 is 1.26 bits per heavy atom. The summed E-state index contributed by atoms with van der Waals surface area (Å²) in [6.45, 7) is 1.35. The Labute approximate surface area is 198 Å². The quantitative estimate of drug-likeness (QED) is 0.344. The van der Waals surface area contributed by atoms with Crippen LogP contribution < -0.4 is 15.8 Å². The summed E-state index contributed by atoms with van der Waals surface area (Å²) in [5, 5.41) is 12.2. The first-order valence-corrected chi connectivity index (χ1v) is 12.0. The summed E-state index contributed by atoms with van der Waals surface area (Å²) in [6, 6.07) is 4.92.